The van der Waals surface area contributed by atoms with Crippen LogP contribution in [0.25, 0.3) is 11.1 Å². The maximum atomic E-state index is 12.3. The molecule has 0 atom stereocenters. The van der Waals surface area contributed by atoms with Crippen LogP contribution in [0.5, 0.6) is 0 Å². The number of benzene rings is 2. The second kappa shape index (κ2) is 6.87. The molecular weight excluding hydrogens is 292 g/mol. The van der Waals surface area contributed by atoms with Crippen LogP contribution < -0.4 is 0 Å². The fraction of sp³-hybridized carbons (Fsp3) is 0.167. The lowest BCUT2D eigenvalue weighted by Gasteiger charge is -2.11. The molecule has 1 radical (unpaired) electrons. The van der Waals surface area contributed by atoms with Crippen LogP contribution in [0.2, 0.25) is 0 Å². The fourth-order valence-corrected chi connectivity index (χ4v) is 2.35. The monoisotopic (exact) mass is 307 g/mol. The van der Waals surface area contributed by atoms with Crippen LogP contribution in [0, 0.1) is 0 Å². The Bertz CT molecular complexity index is 778. The molecule has 0 bridgehead atoms. The number of amides is 2. The fourth-order valence-electron chi connectivity index (χ4n) is 2.35. The molecule has 3 rings (SSSR count). The number of oxazole rings is 1. The number of fused-ring (bicyclic) bond motifs is 1. The molecule has 1 aromatic heterocycles. The third-order valence-electron chi connectivity index (χ3n) is 3.52. The van der Waals surface area contributed by atoms with Crippen molar-refractivity contribution in [2.24, 2.45) is 0 Å². The van der Waals surface area contributed by atoms with Crippen LogP contribution in [-0.4, -0.2) is 28.7 Å². The second-order valence-corrected chi connectivity index (χ2v) is 5.12. The number of imide groups is 1. The van der Waals surface area contributed by atoms with E-state index >= 15 is 0 Å². The number of rotatable bonds is 6. The van der Waals surface area contributed by atoms with Crippen molar-refractivity contribution in [3.63, 3.8) is 0 Å². The quantitative estimate of drug-likeness (QED) is 0.657. The Hall–Kier alpha value is -2.95. The molecule has 5 nitrogen and oxygen atoms in total. The number of nitrogens with zero attached hydrogens (tertiary/aromatic N) is 2. The van der Waals surface area contributed by atoms with Gasteiger partial charge in [0.05, 0.1) is 0 Å². The molecule has 0 aliphatic heterocycles. The molecule has 0 saturated carbocycles. The number of hydrogen-bond acceptors (Lipinski definition) is 4. The predicted molar refractivity (Wildman–Crippen MR) is 85.5 cm³/mol. The van der Waals surface area contributed by atoms with Gasteiger partial charge < -0.3 is 4.42 Å². The predicted octanol–water partition coefficient (Wildman–Crippen LogP) is 2.97. The lowest BCUT2D eigenvalue weighted by atomic mass is 10.1. The Morgan fingerprint density at radius 1 is 1.09 bits per heavy atom. The highest BCUT2D eigenvalue weighted by atomic mass is 16.4. The van der Waals surface area contributed by atoms with Gasteiger partial charge in [0.1, 0.15) is 5.52 Å². The average molecular weight is 307 g/mol. The van der Waals surface area contributed by atoms with Gasteiger partial charge in [-0.25, -0.2) is 4.98 Å². The second-order valence-electron chi connectivity index (χ2n) is 5.12. The standard InChI is InChI=1S/C18H15N2O3/c21-13-20(12-6-9-14-7-2-1-3-8-14)18(22)17-19-15-10-4-5-11-16(15)23-17/h1-5,7-8,10-11H,6,9,12H2. The lowest BCUT2D eigenvalue weighted by Crippen LogP contribution is -2.31. The van der Waals surface area contributed by atoms with E-state index < -0.39 is 5.91 Å². The van der Waals surface area contributed by atoms with E-state index in [0.717, 1.165) is 16.9 Å². The molecule has 3 aromatic rings. The van der Waals surface area contributed by atoms with Gasteiger partial charge in [-0.2, -0.15) is 0 Å². The van der Waals surface area contributed by atoms with E-state index in [0.29, 0.717) is 17.5 Å². The summed E-state index contributed by atoms with van der Waals surface area (Å²) in [6.07, 6.45) is 3.10. The Morgan fingerprint density at radius 3 is 2.57 bits per heavy atom. The van der Waals surface area contributed by atoms with Crippen molar-refractivity contribution in [2.45, 2.75) is 12.8 Å². The van der Waals surface area contributed by atoms with Gasteiger partial charge in [-0.15, -0.1) is 0 Å². The van der Waals surface area contributed by atoms with E-state index in [1.54, 1.807) is 24.6 Å². The smallest absolute Gasteiger partial charge is 0.319 e. The van der Waals surface area contributed by atoms with E-state index in [-0.39, 0.29) is 12.4 Å². The molecule has 0 aliphatic rings. The van der Waals surface area contributed by atoms with Gasteiger partial charge in [0.25, 0.3) is 5.89 Å². The Balaban J connectivity index is 1.65. The molecule has 0 spiro atoms. The number of para-hydroxylation sites is 2. The molecule has 0 fully saturated rings. The number of aryl methyl sites for hydroxylation is 1. The minimum absolute atomic E-state index is 0.0886. The lowest BCUT2D eigenvalue weighted by molar-refractivity contribution is 0.0807. The van der Waals surface area contributed by atoms with E-state index in [2.05, 4.69) is 4.98 Å². The molecule has 115 valence electrons. The van der Waals surface area contributed by atoms with Gasteiger partial charge in [-0.3, -0.25) is 14.5 Å². The first-order valence-corrected chi connectivity index (χ1v) is 7.37. The summed E-state index contributed by atoms with van der Waals surface area (Å²) in [7, 11) is 0. The van der Waals surface area contributed by atoms with Crippen LogP contribution in [0.15, 0.2) is 59.0 Å². The van der Waals surface area contributed by atoms with Crippen molar-refractivity contribution in [1.82, 2.24) is 9.88 Å². The third-order valence-corrected chi connectivity index (χ3v) is 3.52. The molecule has 0 N–H and O–H groups in total. The summed E-state index contributed by atoms with van der Waals surface area (Å²) < 4.78 is 5.40. The number of aromatic nitrogens is 1. The van der Waals surface area contributed by atoms with E-state index in [4.69, 9.17) is 4.42 Å². The van der Waals surface area contributed by atoms with Crippen molar-refractivity contribution in [2.75, 3.05) is 6.54 Å². The largest absolute Gasteiger partial charge is 0.432 e. The highest BCUT2D eigenvalue weighted by molar-refractivity contribution is 5.98. The molecule has 0 aliphatic carbocycles. The van der Waals surface area contributed by atoms with Crippen LogP contribution >= 0.6 is 0 Å². The molecule has 23 heavy (non-hydrogen) atoms. The Labute approximate surface area is 133 Å². The van der Waals surface area contributed by atoms with E-state index in [9.17, 15) is 9.59 Å². The third kappa shape index (κ3) is 3.45. The van der Waals surface area contributed by atoms with Crippen LogP contribution in [0.4, 0.5) is 0 Å². The first-order chi connectivity index (χ1) is 11.3. The maximum absolute atomic E-state index is 12.3. The van der Waals surface area contributed by atoms with E-state index in [1.807, 2.05) is 36.4 Å². The van der Waals surface area contributed by atoms with Gasteiger partial charge >= 0.3 is 12.3 Å². The van der Waals surface area contributed by atoms with Gasteiger partial charge in [0, 0.05) is 6.54 Å². The summed E-state index contributed by atoms with van der Waals surface area (Å²) >= 11 is 0. The van der Waals surface area contributed by atoms with E-state index in [1.165, 1.54) is 0 Å². The number of carbonyl (C=O) groups excluding carboxylic acids is 2. The zero-order valence-corrected chi connectivity index (χ0v) is 12.4. The van der Waals surface area contributed by atoms with Crippen molar-refractivity contribution >= 4 is 23.4 Å². The molecule has 0 saturated heterocycles. The normalized spacial score (nSPS) is 10.6. The molecule has 1 heterocycles. The van der Waals surface area contributed by atoms with Crippen molar-refractivity contribution in [1.29, 1.82) is 0 Å². The summed E-state index contributed by atoms with van der Waals surface area (Å²) in [6.45, 7) is 0.274. The minimum Gasteiger partial charge on any atom is -0.432 e. The topological polar surface area (TPSA) is 63.4 Å². The zero-order chi connectivity index (χ0) is 16.1. The Morgan fingerprint density at radius 2 is 1.83 bits per heavy atom. The van der Waals surface area contributed by atoms with Gasteiger partial charge in [0.15, 0.2) is 5.58 Å². The number of hydrogen-bond donors (Lipinski definition) is 0. The first-order valence-electron chi connectivity index (χ1n) is 7.37. The van der Waals surface area contributed by atoms with Crippen molar-refractivity contribution in [3.05, 3.63) is 66.1 Å². The Kier molecular flexibility index (Phi) is 4.47. The van der Waals surface area contributed by atoms with Crippen LogP contribution in [0.3, 0.4) is 0 Å². The van der Waals surface area contributed by atoms with Crippen molar-refractivity contribution in [3.8, 4) is 0 Å². The highest BCUT2D eigenvalue weighted by Crippen LogP contribution is 2.16. The molecule has 2 aromatic carbocycles. The summed E-state index contributed by atoms with van der Waals surface area (Å²) in [5, 5.41) is 0. The minimum atomic E-state index is -0.565. The van der Waals surface area contributed by atoms with Crippen LogP contribution in [-0.2, 0) is 11.2 Å². The molecule has 5 heteroatoms. The molecular formula is C18H15N2O3. The number of carbonyl (C=O) groups is 1. The van der Waals surface area contributed by atoms with Gasteiger partial charge in [-0.1, -0.05) is 42.5 Å². The first kappa shape index (κ1) is 15.0. The molecule has 0 unspecified atom stereocenters. The summed E-state index contributed by atoms with van der Waals surface area (Å²) in [4.78, 5) is 28.5. The maximum Gasteiger partial charge on any atom is 0.319 e. The van der Waals surface area contributed by atoms with Crippen LogP contribution in [0.1, 0.15) is 22.7 Å². The average Bonchev–Trinajstić information content (AvgIpc) is 3.03. The summed E-state index contributed by atoms with van der Waals surface area (Å²) in [6, 6.07) is 17.0. The summed E-state index contributed by atoms with van der Waals surface area (Å²) in [5.41, 5.74) is 2.27. The van der Waals surface area contributed by atoms with Crippen molar-refractivity contribution < 1.29 is 14.0 Å². The highest BCUT2D eigenvalue weighted by Gasteiger charge is 2.21. The molecule has 2 amide bonds. The van der Waals surface area contributed by atoms with Gasteiger partial charge in [-0.05, 0) is 30.5 Å². The zero-order valence-electron chi connectivity index (χ0n) is 12.4. The SMILES string of the molecule is O=[C]N(CCCc1ccccc1)C(=O)c1nc2ccccc2o1. The van der Waals surface area contributed by atoms with Gasteiger partial charge in [0.2, 0.25) is 0 Å². The summed E-state index contributed by atoms with van der Waals surface area (Å²) in [5.74, 6) is -0.654.